The molecule has 6 heteroatoms. The van der Waals surface area contributed by atoms with Gasteiger partial charge < -0.3 is 9.47 Å². The molecule has 0 amide bonds. The summed E-state index contributed by atoms with van der Waals surface area (Å²) in [5.74, 6) is -0.430. The van der Waals surface area contributed by atoms with Crippen molar-refractivity contribution in [3.05, 3.63) is 58.7 Å². The summed E-state index contributed by atoms with van der Waals surface area (Å²) in [7, 11) is 0. The summed E-state index contributed by atoms with van der Waals surface area (Å²) in [4.78, 5) is 51.6. The molecule has 0 radical (unpaired) electrons. The molecule has 0 N–H and O–H groups in total. The largest absolute Gasteiger partial charge is 0.427 e. The summed E-state index contributed by atoms with van der Waals surface area (Å²) in [5.41, 5.74) is 1.27. The van der Waals surface area contributed by atoms with E-state index in [9.17, 15) is 19.2 Å². The van der Waals surface area contributed by atoms with Crippen LogP contribution in [0.25, 0.3) is 0 Å². The first-order chi connectivity index (χ1) is 17.9. The molecular formula is C31H36O6. The second-order valence-electron chi connectivity index (χ2n) is 10.3. The average molecular weight is 505 g/mol. The van der Waals surface area contributed by atoms with Crippen molar-refractivity contribution in [2.45, 2.75) is 90.9 Å². The number of benzene rings is 2. The average Bonchev–Trinajstić information content (AvgIpc) is 3.32. The highest BCUT2D eigenvalue weighted by Gasteiger charge is 2.55. The first kappa shape index (κ1) is 26.8. The predicted molar refractivity (Wildman–Crippen MR) is 140 cm³/mol. The Morgan fingerprint density at radius 3 is 1.51 bits per heavy atom. The second kappa shape index (κ2) is 11.8. The van der Waals surface area contributed by atoms with Crippen LogP contribution in [0.4, 0.5) is 0 Å². The van der Waals surface area contributed by atoms with Gasteiger partial charge >= 0.3 is 11.9 Å². The summed E-state index contributed by atoms with van der Waals surface area (Å²) in [6, 6.07) is 10.1. The first-order valence-corrected chi connectivity index (χ1v) is 13.6. The van der Waals surface area contributed by atoms with Crippen molar-refractivity contribution in [2.75, 3.05) is 0 Å². The molecule has 0 aromatic heterocycles. The zero-order valence-corrected chi connectivity index (χ0v) is 21.9. The Bertz CT molecular complexity index is 1100. The third-order valence-corrected chi connectivity index (χ3v) is 7.44. The number of Topliss-reactive ketones (excluding diaryl/α,β-unsaturated/α-hetero) is 2. The zero-order chi connectivity index (χ0) is 26.4. The topological polar surface area (TPSA) is 86.7 Å². The zero-order valence-electron chi connectivity index (χ0n) is 21.9. The highest BCUT2D eigenvalue weighted by atomic mass is 16.5. The van der Waals surface area contributed by atoms with Crippen molar-refractivity contribution in [3.63, 3.8) is 0 Å². The fraction of sp³-hybridized carbons (Fsp3) is 0.484. The van der Waals surface area contributed by atoms with Gasteiger partial charge in [0.05, 0.1) is 0 Å². The van der Waals surface area contributed by atoms with Gasteiger partial charge in [0.1, 0.15) is 16.9 Å². The Kier molecular flexibility index (Phi) is 8.57. The number of ether oxygens (including phenoxy) is 2. The highest BCUT2D eigenvalue weighted by molar-refractivity contribution is 6.25. The maximum atomic E-state index is 13.6. The van der Waals surface area contributed by atoms with Crippen LogP contribution in [-0.2, 0) is 22.4 Å². The monoisotopic (exact) mass is 504 g/mol. The van der Waals surface area contributed by atoms with Gasteiger partial charge in [-0.2, -0.15) is 0 Å². The van der Waals surface area contributed by atoms with Crippen LogP contribution in [0, 0.1) is 5.41 Å². The summed E-state index contributed by atoms with van der Waals surface area (Å²) < 4.78 is 11.0. The summed E-state index contributed by atoms with van der Waals surface area (Å²) in [6.07, 6.45) is 9.20. The number of ketones is 2. The molecule has 0 aliphatic heterocycles. The molecule has 0 fully saturated rings. The van der Waals surface area contributed by atoms with Crippen molar-refractivity contribution in [1.29, 1.82) is 0 Å². The molecule has 2 aliphatic carbocycles. The lowest BCUT2D eigenvalue weighted by Gasteiger charge is -2.18. The van der Waals surface area contributed by atoms with Crippen molar-refractivity contribution >= 4 is 23.5 Å². The standard InChI is InChI=1S/C31H36O6/c1-3-5-7-9-11-27(32)36-23-15-13-21-19-31(29(34)25(21)17-23)20-22-14-16-24(18-26(22)30(31)35)37-28(33)12-10-8-6-4-2/h13-18H,3-12,19-20H2,1-2H3. The molecule has 0 heterocycles. The van der Waals surface area contributed by atoms with Gasteiger partial charge in [-0.05, 0) is 61.1 Å². The molecule has 37 heavy (non-hydrogen) atoms. The molecule has 2 aliphatic rings. The van der Waals surface area contributed by atoms with E-state index in [1.807, 2.05) is 0 Å². The molecule has 0 bridgehead atoms. The number of rotatable bonds is 12. The van der Waals surface area contributed by atoms with Crippen LogP contribution in [0.3, 0.4) is 0 Å². The number of esters is 2. The maximum Gasteiger partial charge on any atom is 0.311 e. The smallest absolute Gasteiger partial charge is 0.311 e. The van der Waals surface area contributed by atoms with Crippen LogP contribution in [0.1, 0.15) is 110 Å². The van der Waals surface area contributed by atoms with E-state index in [2.05, 4.69) is 13.8 Å². The number of carbonyl (C=O) groups excluding carboxylic acids is 4. The number of fused-ring (bicyclic) bond motifs is 2. The Hall–Kier alpha value is -3.28. The number of carbonyl (C=O) groups is 4. The van der Waals surface area contributed by atoms with Gasteiger partial charge in [-0.15, -0.1) is 0 Å². The molecule has 4 rings (SSSR count). The molecule has 0 saturated heterocycles. The van der Waals surface area contributed by atoms with Crippen LogP contribution in [-0.4, -0.2) is 23.5 Å². The van der Waals surface area contributed by atoms with E-state index in [1.165, 1.54) is 0 Å². The summed E-state index contributed by atoms with van der Waals surface area (Å²) in [6.45, 7) is 4.23. The predicted octanol–water partition coefficient (Wildman–Crippen LogP) is 6.60. The lowest BCUT2D eigenvalue weighted by atomic mass is 9.80. The van der Waals surface area contributed by atoms with E-state index >= 15 is 0 Å². The Balaban J connectivity index is 1.42. The molecule has 2 aromatic carbocycles. The molecule has 0 atom stereocenters. The Morgan fingerprint density at radius 1 is 0.676 bits per heavy atom. The molecular weight excluding hydrogens is 468 g/mol. The minimum absolute atomic E-state index is 0.237. The molecule has 0 unspecified atom stereocenters. The van der Waals surface area contributed by atoms with Crippen molar-refractivity contribution in [1.82, 2.24) is 0 Å². The van der Waals surface area contributed by atoms with E-state index in [4.69, 9.17) is 9.47 Å². The van der Waals surface area contributed by atoms with Crippen LogP contribution in [0.15, 0.2) is 36.4 Å². The fourth-order valence-corrected chi connectivity index (χ4v) is 5.38. The van der Waals surface area contributed by atoms with Crippen LogP contribution >= 0.6 is 0 Å². The van der Waals surface area contributed by atoms with E-state index in [-0.39, 0.29) is 23.5 Å². The molecule has 6 nitrogen and oxygen atoms in total. The quantitative estimate of drug-likeness (QED) is 0.140. The summed E-state index contributed by atoms with van der Waals surface area (Å²) in [5, 5.41) is 0. The van der Waals surface area contributed by atoms with Crippen molar-refractivity contribution < 1.29 is 28.7 Å². The third kappa shape index (κ3) is 5.84. The second-order valence-corrected chi connectivity index (χ2v) is 10.3. The molecule has 196 valence electrons. The van der Waals surface area contributed by atoms with Crippen molar-refractivity contribution in [3.8, 4) is 11.5 Å². The highest BCUT2D eigenvalue weighted by Crippen LogP contribution is 2.48. The Morgan fingerprint density at radius 2 is 1.11 bits per heavy atom. The van der Waals surface area contributed by atoms with Gasteiger partial charge in [0.25, 0.3) is 0 Å². The number of hydrogen-bond acceptors (Lipinski definition) is 6. The van der Waals surface area contributed by atoms with Crippen LogP contribution < -0.4 is 9.47 Å². The van der Waals surface area contributed by atoms with Crippen LogP contribution in [0.2, 0.25) is 0 Å². The van der Waals surface area contributed by atoms with Crippen molar-refractivity contribution in [2.24, 2.45) is 5.41 Å². The Labute approximate surface area is 218 Å². The normalized spacial score (nSPS) is 15.1. The minimum atomic E-state index is -1.18. The first-order valence-electron chi connectivity index (χ1n) is 13.6. The SMILES string of the molecule is CCCCCCC(=O)Oc1ccc2c(c1)C(=O)C1(C2)Cc2ccc(OC(=O)CCCCCC)cc2C1=O. The van der Waals surface area contributed by atoms with Gasteiger partial charge in [-0.25, -0.2) is 0 Å². The molecule has 2 aromatic rings. The van der Waals surface area contributed by atoms with Gasteiger partial charge in [-0.1, -0.05) is 64.5 Å². The van der Waals surface area contributed by atoms with Crippen LogP contribution in [0.5, 0.6) is 11.5 Å². The third-order valence-electron chi connectivity index (χ3n) is 7.44. The minimum Gasteiger partial charge on any atom is -0.427 e. The van der Waals surface area contributed by atoms with Gasteiger partial charge in [0, 0.05) is 24.0 Å². The van der Waals surface area contributed by atoms with Gasteiger partial charge in [0.2, 0.25) is 0 Å². The van der Waals surface area contributed by atoms with E-state index in [1.54, 1.807) is 36.4 Å². The lowest BCUT2D eigenvalue weighted by molar-refractivity contribution is -0.135. The molecule has 0 saturated carbocycles. The summed E-state index contributed by atoms with van der Waals surface area (Å²) >= 11 is 0. The van der Waals surface area contributed by atoms with Gasteiger partial charge in [0.15, 0.2) is 11.6 Å². The number of unbranched alkanes of at least 4 members (excludes halogenated alkanes) is 6. The number of hydrogen-bond donors (Lipinski definition) is 0. The van der Waals surface area contributed by atoms with E-state index < -0.39 is 5.41 Å². The van der Waals surface area contributed by atoms with Gasteiger partial charge in [-0.3, -0.25) is 19.2 Å². The lowest BCUT2D eigenvalue weighted by Crippen LogP contribution is -2.34. The molecule has 1 spiro atoms. The fourth-order valence-electron chi connectivity index (χ4n) is 5.38. The maximum absolute atomic E-state index is 13.6. The van der Waals surface area contributed by atoms with E-state index in [0.717, 1.165) is 62.5 Å². The van der Waals surface area contributed by atoms with E-state index in [0.29, 0.717) is 48.3 Å².